The van der Waals surface area contributed by atoms with Crippen LogP contribution in [0, 0.1) is 12.8 Å². The minimum Gasteiger partial charge on any atom is -0.495 e. The summed E-state index contributed by atoms with van der Waals surface area (Å²) in [5.41, 5.74) is 1.54. The highest BCUT2D eigenvalue weighted by Crippen LogP contribution is 2.34. The zero-order valence-corrected chi connectivity index (χ0v) is 17.1. The van der Waals surface area contributed by atoms with Gasteiger partial charge in [0, 0.05) is 19.0 Å². The van der Waals surface area contributed by atoms with Gasteiger partial charge in [-0.15, -0.1) is 0 Å². The molecule has 1 aromatic rings. The van der Waals surface area contributed by atoms with Crippen molar-refractivity contribution in [2.75, 3.05) is 25.2 Å². The summed E-state index contributed by atoms with van der Waals surface area (Å²) in [6.07, 6.45) is 0.695. The summed E-state index contributed by atoms with van der Waals surface area (Å²) in [6.45, 7) is 5.13. The van der Waals surface area contributed by atoms with Crippen LogP contribution >= 0.6 is 0 Å². The molecule has 29 heavy (non-hydrogen) atoms. The van der Waals surface area contributed by atoms with Gasteiger partial charge in [0.1, 0.15) is 5.75 Å². The standard InChI is InChI=1S/C20H27N3O6/c1-5-13(3)21-20(27)22-17(24)11-29-19(26)14-9-18(25)23(10-14)15-8-12(2)6-7-16(15)28-4/h6-8,13-14H,5,9-11H2,1-4H3,(H2,21,22,24,27)/t13-,14-/m0/s1. The van der Waals surface area contributed by atoms with Gasteiger partial charge in [-0.2, -0.15) is 0 Å². The van der Waals surface area contributed by atoms with E-state index < -0.39 is 30.4 Å². The molecule has 2 rings (SSSR count). The number of nitrogens with one attached hydrogen (secondary N) is 2. The minimum atomic E-state index is -0.735. The van der Waals surface area contributed by atoms with Gasteiger partial charge >= 0.3 is 12.0 Å². The van der Waals surface area contributed by atoms with Crippen LogP contribution in [-0.2, 0) is 19.1 Å². The number of amides is 4. The highest BCUT2D eigenvalue weighted by molar-refractivity contribution is 6.01. The van der Waals surface area contributed by atoms with E-state index in [1.54, 1.807) is 13.0 Å². The van der Waals surface area contributed by atoms with E-state index in [0.29, 0.717) is 17.9 Å². The molecule has 0 aromatic heterocycles. The Bertz CT molecular complexity index is 794. The van der Waals surface area contributed by atoms with Crippen LogP contribution in [0.3, 0.4) is 0 Å². The van der Waals surface area contributed by atoms with E-state index in [1.165, 1.54) is 12.0 Å². The lowest BCUT2D eigenvalue weighted by molar-refractivity contribution is -0.152. The lowest BCUT2D eigenvalue weighted by Gasteiger charge is -2.20. The summed E-state index contributed by atoms with van der Waals surface area (Å²) in [4.78, 5) is 49.6. The van der Waals surface area contributed by atoms with Crippen molar-refractivity contribution >= 4 is 29.5 Å². The Balaban J connectivity index is 1.90. The summed E-state index contributed by atoms with van der Waals surface area (Å²) >= 11 is 0. The molecule has 0 spiro atoms. The third-order valence-electron chi connectivity index (χ3n) is 4.67. The van der Waals surface area contributed by atoms with Gasteiger partial charge in [0.05, 0.1) is 18.7 Å². The molecular formula is C20H27N3O6. The first-order valence-electron chi connectivity index (χ1n) is 9.47. The van der Waals surface area contributed by atoms with Crippen molar-refractivity contribution in [2.24, 2.45) is 5.92 Å². The molecule has 0 saturated carbocycles. The number of aryl methyl sites for hydroxylation is 1. The van der Waals surface area contributed by atoms with Gasteiger partial charge in [-0.1, -0.05) is 13.0 Å². The van der Waals surface area contributed by atoms with Crippen molar-refractivity contribution in [3.8, 4) is 5.75 Å². The topological polar surface area (TPSA) is 114 Å². The van der Waals surface area contributed by atoms with Crippen LogP contribution in [0.2, 0.25) is 0 Å². The Labute approximate surface area is 169 Å². The van der Waals surface area contributed by atoms with Crippen LogP contribution in [0.4, 0.5) is 10.5 Å². The van der Waals surface area contributed by atoms with E-state index in [1.807, 2.05) is 26.0 Å². The average molecular weight is 405 g/mol. The molecule has 0 aliphatic carbocycles. The van der Waals surface area contributed by atoms with Crippen LogP contribution in [0.25, 0.3) is 0 Å². The Hall–Kier alpha value is -3.10. The van der Waals surface area contributed by atoms with Crippen molar-refractivity contribution in [1.82, 2.24) is 10.6 Å². The first-order valence-corrected chi connectivity index (χ1v) is 9.47. The quantitative estimate of drug-likeness (QED) is 0.665. The van der Waals surface area contributed by atoms with Crippen LogP contribution in [0.1, 0.15) is 32.3 Å². The molecule has 1 aromatic carbocycles. The Morgan fingerprint density at radius 1 is 1.31 bits per heavy atom. The lowest BCUT2D eigenvalue weighted by Crippen LogP contribution is -2.44. The zero-order chi connectivity index (χ0) is 21.6. The third-order valence-corrected chi connectivity index (χ3v) is 4.67. The van der Waals surface area contributed by atoms with Crippen LogP contribution in [0.15, 0.2) is 18.2 Å². The summed E-state index contributed by atoms with van der Waals surface area (Å²) in [5, 5.41) is 4.67. The SMILES string of the molecule is CC[C@H](C)NC(=O)NC(=O)COC(=O)[C@H]1CC(=O)N(c2cc(C)ccc2OC)C1. The van der Waals surface area contributed by atoms with Crippen molar-refractivity contribution in [2.45, 2.75) is 39.7 Å². The number of urea groups is 1. The second-order valence-electron chi connectivity index (χ2n) is 7.02. The first-order chi connectivity index (χ1) is 13.7. The monoisotopic (exact) mass is 405 g/mol. The van der Waals surface area contributed by atoms with Crippen LogP contribution in [0.5, 0.6) is 5.75 Å². The number of ether oxygens (including phenoxy) is 2. The molecule has 0 unspecified atom stereocenters. The molecule has 2 atom stereocenters. The number of esters is 1. The maximum atomic E-state index is 12.4. The fraction of sp³-hybridized carbons (Fsp3) is 0.500. The van der Waals surface area contributed by atoms with E-state index in [-0.39, 0.29) is 24.9 Å². The summed E-state index contributed by atoms with van der Waals surface area (Å²) in [6, 6.07) is 4.71. The molecule has 1 aliphatic heterocycles. The van der Waals surface area contributed by atoms with Gasteiger partial charge in [-0.05, 0) is 38.0 Å². The van der Waals surface area contributed by atoms with Crippen molar-refractivity contribution in [3.05, 3.63) is 23.8 Å². The molecule has 1 fully saturated rings. The molecule has 4 amide bonds. The predicted molar refractivity (Wildman–Crippen MR) is 106 cm³/mol. The van der Waals surface area contributed by atoms with Crippen molar-refractivity contribution in [3.63, 3.8) is 0 Å². The number of imide groups is 1. The smallest absolute Gasteiger partial charge is 0.321 e. The molecule has 0 bridgehead atoms. The largest absolute Gasteiger partial charge is 0.495 e. The first kappa shape index (κ1) is 22.2. The maximum absolute atomic E-state index is 12.4. The normalized spacial score (nSPS) is 16.9. The second kappa shape index (κ2) is 9.90. The summed E-state index contributed by atoms with van der Waals surface area (Å²) < 4.78 is 10.3. The number of benzene rings is 1. The number of carbonyl (C=O) groups is 4. The van der Waals surface area contributed by atoms with Crippen molar-refractivity contribution in [1.29, 1.82) is 0 Å². The zero-order valence-electron chi connectivity index (χ0n) is 17.1. The van der Waals surface area contributed by atoms with E-state index in [4.69, 9.17) is 9.47 Å². The van der Waals surface area contributed by atoms with Crippen LogP contribution < -0.4 is 20.3 Å². The van der Waals surface area contributed by atoms with Gasteiger partial charge in [0.25, 0.3) is 5.91 Å². The third kappa shape index (κ3) is 5.94. The average Bonchev–Trinajstić information content (AvgIpc) is 3.07. The fourth-order valence-electron chi connectivity index (χ4n) is 2.89. The van der Waals surface area contributed by atoms with Crippen LogP contribution in [-0.4, -0.2) is 50.1 Å². The number of hydrogen-bond acceptors (Lipinski definition) is 6. The fourth-order valence-corrected chi connectivity index (χ4v) is 2.89. The molecular weight excluding hydrogens is 378 g/mol. The maximum Gasteiger partial charge on any atom is 0.321 e. The van der Waals surface area contributed by atoms with E-state index in [9.17, 15) is 19.2 Å². The van der Waals surface area contributed by atoms with Gasteiger partial charge in [-0.25, -0.2) is 4.79 Å². The number of methoxy groups -OCH3 is 1. The Kier molecular flexibility index (Phi) is 7.58. The number of nitrogens with zero attached hydrogens (tertiary/aromatic N) is 1. The number of carbonyl (C=O) groups excluding carboxylic acids is 4. The van der Waals surface area contributed by atoms with Gasteiger partial charge in [-0.3, -0.25) is 19.7 Å². The lowest BCUT2D eigenvalue weighted by atomic mass is 10.1. The highest BCUT2D eigenvalue weighted by Gasteiger charge is 2.37. The molecule has 1 heterocycles. The second-order valence-corrected chi connectivity index (χ2v) is 7.02. The Morgan fingerprint density at radius 3 is 2.69 bits per heavy atom. The van der Waals surface area contributed by atoms with Gasteiger partial charge < -0.3 is 19.7 Å². The number of anilines is 1. The van der Waals surface area contributed by atoms with E-state index in [0.717, 1.165) is 5.56 Å². The molecule has 9 nitrogen and oxygen atoms in total. The molecule has 158 valence electrons. The molecule has 2 N–H and O–H groups in total. The number of rotatable bonds is 7. The summed E-state index contributed by atoms with van der Waals surface area (Å²) in [7, 11) is 1.51. The molecule has 1 saturated heterocycles. The van der Waals surface area contributed by atoms with Crippen molar-refractivity contribution < 1.29 is 28.7 Å². The van der Waals surface area contributed by atoms with E-state index >= 15 is 0 Å². The Morgan fingerprint density at radius 2 is 2.03 bits per heavy atom. The molecule has 9 heteroatoms. The van der Waals surface area contributed by atoms with Gasteiger partial charge in [0.2, 0.25) is 5.91 Å². The molecule has 1 aliphatic rings. The predicted octanol–water partition coefficient (Wildman–Crippen LogP) is 1.52. The van der Waals surface area contributed by atoms with Gasteiger partial charge in [0.15, 0.2) is 6.61 Å². The summed E-state index contributed by atoms with van der Waals surface area (Å²) in [5.74, 6) is -1.79. The minimum absolute atomic E-state index is 0.0218. The number of hydrogen-bond donors (Lipinski definition) is 2. The highest BCUT2D eigenvalue weighted by atomic mass is 16.5. The van der Waals surface area contributed by atoms with E-state index in [2.05, 4.69) is 10.6 Å². The molecule has 0 radical (unpaired) electrons.